The van der Waals surface area contributed by atoms with Crippen molar-refractivity contribution in [1.82, 2.24) is 4.90 Å². The Morgan fingerprint density at radius 3 is 2.45 bits per heavy atom. The van der Waals surface area contributed by atoms with Gasteiger partial charge in [0.15, 0.2) is 21.3 Å². The van der Waals surface area contributed by atoms with Gasteiger partial charge in [-0.05, 0) is 19.9 Å². The fraction of sp³-hybridized carbons (Fsp3) is 0.600. The Kier molecular flexibility index (Phi) is 5.58. The van der Waals surface area contributed by atoms with Crippen LogP contribution in [0, 0.1) is 0 Å². The first-order valence-electron chi connectivity index (χ1n) is 7.26. The molecule has 1 aliphatic rings. The van der Waals surface area contributed by atoms with Crippen molar-refractivity contribution in [2.24, 2.45) is 0 Å². The molecular formula is C15H22ClNO4S. The number of hydrogen-bond acceptors (Lipinski definition) is 5. The van der Waals surface area contributed by atoms with Gasteiger partial charge in [-0.1, -0.05) is 11.6 Å². The SMILES string of the molecule is COc1cc(Cl)cc(CN2CCS(=O)(=O)CC2)c1OC(C)C. The number of sulfone groups is 1. The van der Waals surface area contributed by atoms with Gasteiger partial charge in [0.2, 0.25) is 0 Å². The molecule has 1 aromatic rings. The van der Waals surface area contributed by atoms with Crippen molar-refractivity contribution >= 4 is 21.4 Å². The predicted molar refractivity (Wildman–Crippen MR) is 87.7 cm³/mol. The molecule has 0 atom stereocenters. The Hall–Kier alpha value is -0.980. The summed E-state index contributed by atoms with van der Waals surface area (Å²) in [6, 6.07) is 3.58. The highest BCUT2D eigenvalue weighted by Gasteiger charge is 2.23. The van der Waals surface area contributed by atoms with Crippen LogP contribution in [0.1, 0.15) is 19.4 Å². The molecular weight excluding hydrogens is 326 g/mol. The van der Waals surface area contributed by atoms with Crippen molar-refractivity contribution in [2.45, 2.75) is 26.5 Å². The molecule has 1 saturated heterocycles. The minimum atomic E-state index is -2.88. The molecule has 0 bridgehead atoms. The van der Waals surface area contributed by atoms with E-state index in [0.29, 0.717) is 36.2 Å². The van der Waals surface area contributed by atoms with Crippen LogP contribution in [0.2, 0.25) is 5.02 Å². The summed E-state index contributed by atoms with van der Waals surface area (Å²) in [5.41, 5.74) is 0.914. The Morgan fingerprint density at radius 2 is 1.91 bits per heavy atom. The first-order valence-corrected chi connectivity index (χ1v) is 9.46. The monoisotopic (exact) mass is 347 g/mol. The molecule has 2 rings (SSSR count). The molecule has 5 nitrogen and oxygen atoms in total. The van der Waals surface area contributed by atoms with Gasteiger partial charge >= 0.3 is 0 Å². The Labute approximate surface area is 137 Å². The minimum Gasteiger partial charge on any atom is -0.493 e. The van der Waals surface area contributed by atoms with E-state index in [2.05, 4.69) is 4.90 Å². The van der Waals surface area contributed by atoms with Gasteiger partial charge in [0.25, 0.3) is 0 Å². The molecule has 7 heteroatoms. The fourth-order valence-electron chi connectivity index (χ4n) is 2.41. The quantitative estimate of drug-likeness (QED) is 0.818. The van der Waals surface area contributed by atoms with Crippen LogP contribution in [-0.4, -0.2) is 51.1 Å². The lowest BCUT2D eigenvalue weighted by molar-refractivity contribution is 0.219. The second-order valence-electron chi connectivity index (χ2n) is 5.69. The standard InChI is InChI=1S/C15H22ClNO4S/c1-11(2)21-15-12(8-13(16)9-14(15)20-3)10-17-4-6-22(18,19)7-5-17/h8-9,11H,4-7,10H2,1-3H3. The molecule has 0 saturated carbocycles. The van der Waals surface area contributed by atoms with Crippen LogP contribution in [0.5, 0.6) is 11.5 Å². The average molecular weight is 348 g/mol. The largest absolute Gasteiger partial charge is 0.493 e. The van der Waals surface area contributed by atoms with E-state index >= 15 is 0 Å². The molecule has 0 N–H and O–H groups in total. The highest BCUT2D eigenvalue weighted by Crippen LogP contribution is 2.36. The number of methoxy groups -OCH3 is 1. The zero-order valence-corrected chi connectivity index (χ0v) is 14.7. The van der Waals surface area contributed by atoms with E-state index in [9.17, 15) is 8.42 Å². The van der Waals surface area contributed by atoms with Crippen molar-refractivity contribution in [3.05, 3.63) is 22.7 Å². The number of hydrogen-bond donors (Lipinski definition) is 0. The smallest absolute Gasteiger partial charge is 0.166 e. The van der Waals surface area contributed by atoms with Gasteiger partial charge in [-0.3, -0.25) is 4.90 Å². The van der Waals surface area contributed by atoms with Crippen molar-refractivity contribution < 1.29 is 17.9 Å². The van der Waals surface area contributed by atoms with E-state index < -0.39 is 9.84 Å². The normalized spacial score (nSPS) is 18.4. The maximum atomic E-state index is 11.5. The van der Waals surface area contributed by atoms with Crippen LogP contribution < -0.4 is 9.47 Å². The second kappa shape index (κ2) is 7.06. The molecule has 0 unspecified atom stereocenters. The second-order valence-corrected chi connectivity index (χ2v) is 8.43. The summed E-state index contributed by atoms with van der Waals surface area (Å²) in [6.45, 7) is 5.54. The lowest BCUT2D eigenvalue weighted by Crippen LogP contribution is -2.39. The van der Waals surface area contributed by atoms with E-state index in [0.717, 1.165) is 5.56 Å². The Bertz CT molecular complexity index is 617. The maximum absolute atomic E-state index is 11.5. The topological polar surface area (TPSA) is 55.8 Å². The van der Waals surface area contributed by atoms with Gasteiger partial charge in [-0.25, -0.2) is 8.42 Å². The average Bonchev–Trinajstić information content (AvgIpc) is 2.43. The summed E-state index contributed by atoms with van der Waals surface area (Å²) < 4.78 is 34.3. The van der Waals surface area contributed by atoms with Gasteiger partial charge in [-0.2, -0.15) is 0 Å². The molecule has 22 heavy (non-hydrogen) atoms. The highest BCUT2D eigenvalue weighted by atomic mass is 35.5. The summed E-state index contributed by atoms with van der Waals surface area (Å²) in [7, 11) is -1.30. The summed E-state index contributed by atoms with van der Waals surface area (Å²) >= 11 is 6.15. The van der Waals surface area contributed by atoms with Crippen LogP contribution >= 0.6 is 11.6 Å². The Morgan fingerprint density at radius 1 is 1.27 bits per heavy atom. The molecule has 1 aromatic carbocycles. The van der Waals surface area contributed by atoms with Gasteiger partial charge < -0.3 is 9.47 Å². The van der Waals surface area contributed by atoms with Gasteiger partial charge in [0.1, 0.15) is 0 Å². The van der Waals surface area contributed by atoms with Crippen molar-refractivity contribution in [3.63, 3.8) is 0 Å². The predicted octanol–water partition coefficient (Wildman–Crippen LogP) is 2.37. The molecule has 1 fully saturated rings. The third-order valence-electron chi connectivity index (χ3n) is 3.50. The van der Waals surface area contributed by atoms with E-state index in [1.165, 1.54) is 0 Å². The van der Waals surface area contributed by atoms with Gasteiger partial charge in [0.05, 0.1) is 24.7 Å². The van der Waals surface area contributed by atoms with Crippen LogP contribution in [0.15, 0.2) is 12.1 Å². The lowest BCUT2D eigenvalue weighted by Gasteiger charge is -2.28. The van der Waals surface area contributed by atoms with E-state index in [1.807, 2.05) is 19.9 Å². The number of rotatable bonds is 5. The molecule has 1 aliphatic heterocycles. The van der Waals surface area contributed by atoms with Gasteiger partial charge in [-0.15, -0.1) is 0 Å². The third kappa shape index (κ3) is 4.51. The van der Waals surface area contributed by atoms with Crippen molar-refractivity contribution in [2.75, 3.05) is 31.7 Å². The number of benzene rings is 1. The van der Waals surface area contributed by atoms with E-state index in [1.54, 1.807) is 13.2 Å². The summed E-state index contributed by atoms with van der Waals surface area (Å²) in [6.07, 6.45) is 0.00978. The van der Waals surface area contributed by atoms with Gasteiger partial charge in [0, 0.05) is 36.3 Å². The zero-order valence-electron chi connectivity index (χ0n) is 13.1. The molecule has 1 heterocycles. The maximum Gasteiger partial charge on any atom is 0.166 e. The molecule has 124 valence electrons. The highest BCUT2D eigenvalue weighted by molar-refractivity contribution is 7.91. The van der Waals surface area contributed by atoms with Crippen LogP contribution in [0.4, 0.5) is 0 Å². The number of halogens is 1. The van der Waals surface area contributed by atoms with Crippen LogP contribution in [0.3, 0.4) is 0 Å². The first-order chi connectivity index (χ1) is 10.3. The molecule has 0 radical (unpaired) electrons. The third-order valence-corrected chi connectivity index (χ3v) is 5.33. The fourth-order valence-corrected chi connectivity index (χ4v) is 3.92. The lowest BCUT2D eigenvalue weighted by atomic mass is 10.1. The first kappa shape index (κ1) is 17.4. The van der Waals surface area contributed by atoms with Crippen molar-refractivity contribution in [3.8, 4) is 11.5 Å². The molecule has 0 aromatic heterocycles. The van der Waals surface area contributed by atoms with E-state index in [-0.39, 0.29) is 17.6 Å². The zero-order chi connectivity index (χ0) is 16.3. The summed E-state index contributed by atoms with van der Waals surface area (Å²) in [4.78, 5) is 2.10. The summed E-state index contributed by atoms with van der Waals surface area (Å²) in [5, 5.41) is 0.576. The number of nitrogens with zero attached hydrogens (tertiary/aromatic N) is 1. The molecule has 0 aliphatic carbocycles. The molecule has 0 spiro atoms. The summed E-state index contributed by atoms with van der Waals surface area (Å²) in [5.74, 6) is 1.67. The van der Waals surface area contributed by atoms with Crippen LogP contribution in [0.25, 0.3) is 0 Å². The minimum absolute atomic E-state index is 0.00978. The van der Waals surface area contributed by atoms with Crippen LogP contribution in [-0.2, 0) is 16.4 Å². The van der Waals surface area contributed by atoms with E-state index in [4.69, 9.17) is 21.1 Å². The number of ether oxygens (including phenoxy) is 2. The van der Waals surface area contributed by atoms with Crippen molar-refractivity contribution in [1.29, 1.82) is 0 Å². The molecule has 0 amide bonds. The Balaban J connectivity index is 2.23.